The molecular weight excluding hydrogens is 248 g/mol. The van der Waals surface area contributed by atoms with Gasteiger partial charge in [0.2, 0.25) is 0 Å². The van der Waals surface area contributed by atoms with Crippen LogP contribution in [0, 0.1) is 0 Å². The summed E-state index contributed by atoms with van der Waals surface area (Å²) >= 11 is 0. The molecule has 2 unspecified atom stereocenters. The Morgan fingerprint density at radius 2 is 1.90 bits per heavy atom. The van der Waals surface area contributed by atoms with Gasteiger partial charge in [0.1, 0.15) is 0 Å². The molecule has 20 heavy (non-hydrogen) atoms. The molecule has 0 aliphatic heterocycles. The fourth-order valence-corrected chi connectivity index (χ4v) is 2.72. The molecule has 1 aromatic carbocycles. The van der Waals surface area contributed by atoms with Crippen molar-refractivity contribution in [3.63, 3.8) is 0 Å². The minimum Gasteiger partial charge on any atom is -0.392 e. The quantitative estimate of drug-likeness (QED) is 0.877. The minimum atomic E-state index is -0.373. The van der Waals surface area contributed by atoms with Gasteiger partial charge in [0.15, 0.2) is 0 Å². The summed E-state index contributed by atoms with van der Waals surface area (Å²) in [5.74, 6) is 0.177. The van der Waals surface area contributed by atoms with Crippen molar-refractivity contribution in [2.75, 3.05) is 0 Å². The number of hydrogen-bond acceptors (Lipinski definition) is 2. The van der Waals surface area contributed by atoms with Crippen LogP contribution in [0.4, 0.5) is 0 Å². The summed E-state index contributed by atoms with van der Waals surface area (Å²) < 4.78 is 1.89. The van der Waals surface area contributed by atoms with Crippen LogP contribution >= 0.6 is 0 Å². The van der Waals surface area contributed by atoms with Crippen molar-refractivity contribution in [3.8, 4) is 0 Å². The van der Waals surface area contributed by atoms with E-state index < -0.39 is 0 Å². The van der Waals surface area contributed by atoms with E-state index in [1.54, 1.807) is 0 Å². The predicted octanol–water partition coefficient (Wildman–Crippen LogP) is 3.08. The molecule has 3 nitrogen and oxygen atoms in total. The molecule has 1 N–H and O–H groups in total. The number of aryl methyl sites for hydroxylation is 2. The van der Waals surface area contributed by atoms with Crippen molar-refractivity contribution < 1.29 is 5.11 Å². The number of aromatic nitrogens is 2. The van der Waals surface area contributed by atoms with Crippen LogP contribution < -0.4 is 0 Å². The van der Waals surface area contributed by atoms with E-state index in [1.165, 1.54) is 5.56 Å². The molecule has 2 aromatic rings. The van der Waals surface area contributed by atoms with E-state index in [9.17, 15) is 5.11 Å². The lowest BCUT2D eigenvalue weighted by Gasteiger charge is -2.22. The number of aliphatic hydroxyl groups excluding tert-OH is 1. The van der Waals surface area contributed by atoms with Gasteiger partial charge in [-0.3, -0.25) is 4.68 Å². The first kappa shape index (κ1) is 14.8. The Morgan fingerprint density at radius 3 is 2.45 bits per heavy atom. The molecule has 3 heteroatoms. The fraction of sp³-hybridized carbons (Fsp3) is 0.471. The molecule has 0 aliphatic rings. The molecule has 2 rings (SSSR count). The Bertz CT molecular complexity index is 533. The molecule has 0 saturated carbocycles. The number of benzene rings is 1. The van der Waals surface area contributed by atoms with Gasteiger partial charge < -0.3 is 5.11 Å². The van der Waals surface area contributed by atoms with Gasteiger partial charge in [-0.2, -0.15) is 5.10 Å². The second kappa shape index (κ2) is 6.71. The first-order valence-electron chi connectivity index (χ1n) is 7.40. The first-order valence-corrected chi connectivity index (χ1v) is 7.40. The fourth-order valence-electron chi connectivity index (χ4n) is 2.72. The summed E-state index contributed by atoms with van der Waals surface area (Å²) in [6.45, 7) is 4.23. The van der Waals surface area contributed by atoms with Crippen LogP contribution in [0.5, 0.6) is 0 Å². The summed E-state index contributed by atoms with van der Waals surface area (Å²) in [7, 11) is 1.95. The van der Waals surface area contributed by atoms with Crippen LogP contribution in [0.3, 0.4) is 0 Å². The third-order valence-corrected chi connectivity index (χ3v) is 3.94. The van der Waals surface area contributed by atoms with Crippen molar-refractivity contribution in [3.05, 3.63) is 53.3 Å². The molecule has 0 bridgehead atoms. The smallest absolute Gasteiger partial charge is 0.0663 e. The SMILES string of the molecule is CCc1cc(CC(O)C(CC)c2ccccc2)n(C)n1. The highest BCUT2D eigenvalue weighted by atomic mass is 16.3. The van der Waals surface area contributed by atoms with Gasteiger partial charge >= 0.3 is 0 Å². The molecule has 0 saturated heterocycles. The number of hydrogen-bond donors (Lipinski definition) is 1. The third-order valence-electron chi connectivity index (χ3n) is 3.94. The average Bonchev–Trinajstić information content (AvgIpc) is 2.81. The van der Waals surface area contributed by atoms with Crippen LogP contribution in [0.25, 0.3) is 0 Å². The summed E-state index contributed by atoms with van der Waals surface area (Å²) in [5, 5.41) is 15.0. The molecule has 108 valence electrons. The molecule has 0 radical (unpaired) electrons. The summed E-state index contributed by atoms with van der Waals surface area (Å²) in [6.07, 6.45) is 2.14. The second-order valence-corrected chi connectivity index (χ2v) is 5.30. The van der Waals surface area contributed by atoms with Crippen LogP contribution in [0.1, 0.15) is 43.1 Å². The maximum atomic E-state index is 10.6. The van der Waals surface area contributed by atoms with Gasteiger partial charge in [-0.05, 0) is 24.5 Å². The van der Waals surface area contributed by atoms with E-state index in [0.29, 0.717) is 6.42 Å². The molecular formula is C17H24N2O. The van der Waals surface area contributed by atoms with Gasteiger partial charge in [0.25, 0.3) is 0 Å². The Hall–Kier alpha value is -1.61. The molecule has 2 atom stereocenters. The molecule has 0 fully saturated rings. The highest BCUT2D eigenvalue weighted by molar-refractivity contribution is 5.22. The maximum absolute atomic E-state index is 10.6. The highest BCUT2D eigenvalue weighted by Gasteiger charge is 2.21. The van der Waals surface area contributed by atoms with Crippen molar-refractivity contribution in [2.24, 2.45) is 7.05 Å². The zero-order valence-electron chi connectivity index (χ0n) is 12.6. The van der Waals surface area contributed by atoms with Gasteiger partial charge in [-0.1, -0.05) is 44.2 Å². The lowest BCUT2D eigenvalue weighted by atomic mass is 9.88. The predicted molar refractivity (Wildman–Crippen MR) is 81.8 cm³/mol. The topological polar surface area (TPSA) is 38.0 Å². The Kier molecular flexibility index (Phi) is 4.96. The summed E-state index contributed by atoms with van der Waals surface area (Å²) in [6, 6.07) is 12.4. The largest absolute Gasteiger partial charge is 0.392 e. The average molecular weight is 272 g/mol. The lowest BCUT2D eigenvalue weighted by molar-refractivity contribution is 0.138. The molecule has 1 heterocycles. The maximum Gasteiger partial charge on any atom is 0.0663 e. The normalized spacial score (nSPS) is 14.2. The van der Waals surface area contributed by atoms with Crippen LogP contribution in [-0.2, 0) is 19.9 Å². The van der Waals surface area contributed by atoms with E-state index >= 15 is 0 Å². The van der Waals surface area contributed by atoms with Gasteiger partial charge in [0, 0.05) is 25.1 Å². The van der Waals surface area contributed by atoms with Crippen LogP contribution in [0.2, 0.25) is 0 Å². The van der Waals surface area contributed by atoms with E-state index in [1.807, 2.05) is 29.9 Å². The van der Waals surface area contributed by atoms with E-state index in [2.05, 4.69) is 37.1 Å². The van der Waals surface area contributed by atoms with Crippen molar-refractivity contribution >= 4 is 0 Å². The Balaban J connectivity index is 2.13. The lowest BCUT2D eigenvalue weighted by Crippen LogP contribution is -2.22. The third kappa shape index (κ3) is 3.28. The van der Waals surface area contributed by atoms with Crippen LogP contribution in [0.15, 0.2) is 36.4 Å². The second-order valence-electron chi connectivity index (χ2n) is 5.30. The zero-order chi connectivity index (χ0) is 14.5. The molecule has 0 aliphatic carbocycles. The monoisotopic (exact) mass is 272 g/mol. The van der Waals surface area contributed by atoms with Crippen molar-refractivity contribution in [1.29, 1.82) is 0 Å². The van der Waals surface area contributed by atoms with Gasteiger partial charge in [0.05, 0.1) is 11.8 Å². The summed E-state index contributed by atoms with van der Waals surface area (Å²) in [4.78, 5) is 0. The first-order chi connectivity index (χ1) is 9.65. The molecule has 1 aromatic heterocycles. The van der Waals surface area contributed by atoms with E-state index in [0.717, 1.165) is 24.2 Å². The highest BCUT2D eigenvalue weighted by Crippen LogP contribution is 2.25. The molecule has 0 amide bonds. The number of aliphatic hydroxyl groups is 1. The molecule has 0 spiro atoms. The zero-order valence-corrected chi connectivity index (χ0v) is 12.6. The standard InChI is InChI=1S/C17H24N2O/c1-4-14-11-15(19(3)18-14)12-17(20)16(5-2)13-9-7-6-8-10-13/h6-11,16-17,20H,4-5,12H2,1-3H3. The van der Waals surface area contributed by atoms with Gasteiger partial charge in [-0.25, -0.2) is 0 Å². The minimum absolute atomic E-state index is 0.177. The van der Waals surface area contributed by atoms with Crippen LogP contribution in [-0.4, -0.2) is 21.0 Å². The number of nitrogens with zero attached hydrogens (tertiary/aromatic N) is 2. The van der Waals surface area contributed by atoms with Gasteiger partial charge in [-0.15, -0.1) is 0 Å². The van der Waals surface area contributed by atoms with Crippen molar-refractivity contribution in [2.45, 2.75) is 45.1 Å². The van der Waals surface area contributed by atoms with Crippen molar-refractivity contribution in [1.82, 2.24) is 9.78 Å². The Morgan fingerprint density at radius 1 is 1.20 bits per heavy atom. The summed E-state index contributed by atoms with van der Waals surface area (Å²) in [5.41, 5.74) is 3.39. The van der Waals surface area contributed by atoms with E-state index in [4.69, 9.17) is 0 Å². The number of rotatable bonds is 6. The van der Waals surface area contributed by atoms with E-state index in [-0.39, 0.29) is 12.0 Å². The Labute approximate surface area is 121 Å².